The van der Waals surface area contributed by atoms with Crippen LogP contribution in [0.25, 0.3) is 22.4 Å². The van der Waals surface area contributed by atoms with Crippen molar-refractivity contribution in [3.8, 4) is 34.0 Å². The summed E-state index contributed by atoms with van der Waals surface area (Å²) in [6.45, 7) is 4.18. The first-order valence-electron chi connectivity index (χ1n) is 12.4. The predicted octanol–water partition coefficient (Wildman–Crippen LogP) is 3.69. The van der Waals surface area contributed by atoms with Gasteiger partial charge in [-0.1, -0.05) is 6.07 Å². The Morgan fingerprint density at radius 3 is 2.61 bits per heavy atom. The van der Waals surface area contributed by atoms with Gasteiger partial charge in [0.15, 0.2) is 0 Å². The number of hydrogen-bond acceptors (Lipinski definition) is 9. The van der Waals surface area contributed by atoms with Gasteiger partial charge in [0, 0.05) is 34.3 Å². The molecule has 0 spiro atoms. The number of methoxy groups -OCH3 is 1. The lowest BCUT2D eigenvalue weighted by atomic mass is 9.82. The van der Waals surface area contributed by atoms with Gasteiger partial charge in [0.25, 0.3) is 0 Å². The highest BCUT2D eigenvalue weighted by atomic mass is 19.1. The Hall–Kier alpha value is -3.40. The van der Waals surface area contributed by atoms with Crippen molar-refractivity contribution in [2.45, 2.75) is 75.3 Å². The van der Waals surface area contributed by atoms with Crippen molar-refractivity contribution in [2.24, 2.45) is 0 Å². The smallest absolute Gasteiger partial charge is 0.245 e. The molecule has 1 aliphatic carbocycles. The minimum Gasteiger partial charge on any atom is -0.507 e. The van der Waals surface area contributed by atoms with Gasteiger partial charge >= 0.3 is 0 Å². The van der Waals surface area contributed by atoms with Crippen LogP contribution in [0.15, 0.2) is 36.7 Å². The van der Waals surface area contributed by atoms with Gasteiger partial charge < -0.3 is 20.1 Å². The zero-order valence-electron chi connectivity index (χ0n) is 20.6. The molecule has 36 heavy (non-hydrogen) atoms. The molecule has 2 saturated heterocycles. The number of halogens is 1. The largest absolute Gasteiger partial charge is 0.507 e. The Balaban J connectivity index is 1.27. The number of phenolic OH excluding ortho intramolecular Hbond substituents is 1. The van der Waals surface area contributed by atoms with E-state index in [2.05, 4.69) is 42.5 Å². The van der Waals surface area contributed by atoms with Crippen molar-refractivity contribution in [1.82, 2.24) is 30.7 Å². The molecule has 1 saturated carbocycles. The fourth-order valence-corrected chi connectivity index (χ4v) is 5.92. The highest BCUT2D eigenvalue weighted by molar-refractivity contribution is 5.74. The Bertz CT molecular complexity index is 1290. The van der Waals surface area contributed by atoms with E-state index in [0.29, 0.717) is 29.5 Å². The van der Waals surface area contributed by atoms with E-state index in [1.807, 2.05) is 13.0 Å². The van der Waals surface area contributed by atoms with Crippen LogP contribution in [0.3, 0.4) is 0 Å². The van der Waals surface area contributed by atoms with E-state index in [-0.39, 0.29) is 23.4 Å². The molecular formula is C26H30FN7O2. The number of anilines is 1. The van der Waals surface area contributed by atoms with Crippen LogP contribution in [0.4, 0.5) is 10.3 Å². The fraction of sp³-hybridized carbons (Fsp3) is 0.500. The summed E-state index contributed by atoms with van der Waals surface area (Å²) in [7, 11) is 1.53. The van der Waals surface area contributed by atoms with Crippen molar-refractivity contribution < 1.29 is 14.2 Å². The van der Waals surface area contributed by atoms with Crippen LogP contribution in [0, 0.1) is 0 Å². The molecule has 10 heteroatoms. The molecule has 1 aromatic carbocycles. The first kappa shape index (κ1) is 23.0. The van der Waals surface area contributed by atoms with E-state index < -0.39 is 11.7 Å². The van der Waals surface area contributed by atoms with Crippen molar-refractivity contribution >= 4 is 5.95 Å². The first-order chi connectivity index (χ1) is 17.3. The van der Waals surface area contributed by atoms with Crippen LogP contribution in [-0.4, -0.2) is 66.9 Å². The van der Waals surface area contributed by atoms with Gasteiger partial charge in [-0.05, 0) is 63.6 Å². The summed E-state index contributed by atoms with van der Waals surface area (Å²) in [5, 5.41) is 30.9. The summed E-state index contributed by atoms with van der Waals surface area (Å²) in [6, 6.07) is 6.96. The normalized spacial score (nSPS) is 29.2. The topological polar surface area (TPSA) is 109 Å². The second-order valence-corrected chi connectivity index (χ2v) is 10.8. The van der Waals surface area contributed by atoms with E-state index >= 15 is 4.39 Å². The predicted molar refractivity (Wildman–Crippen MR) is 132 cm³/mol. The SMILES string of the molecule is COc1cc(-c2ccc(-c3cnc(N(C4CC4)[C@H]4C[C@]5(C)CC[C@@](C)(N5)[C@H]4F)nn3)c(O)c2)cnn1. The van der Waals surface area contributed by atoms with Crippen LogP contribution in [-0.2, 0) is 0 Å². The van der Waals surface area contributed by atoms with Crippen LogP contribution in [0.5, 0.6) is 11.6 Å². The maximum atomic E-state index is 15.8. The number of aromatic nitrogens is 5. The third kappa shape index (κ3) is 3.93. The van der Waals surface area contributed by atoms with Gasteiger partial charge in [0.2, 0.25) is 11.8 Å². The highest BCUT2D eigenvalue weighted by Crippen LogP contribution is 2.47. The number of ether oxygens (including phenoxy) is 1. The monoisotopic (exact) mass is 491 g/mol. The number of nitrogens with zero attached hydrogens (tertiary/aromatic N) is 6. The van der Waals surface area contributed by atoms with Crippen LogP contribution >= 0.6 is 0 Å². The maximum absolute atomic E-state index is 15.8. The lowest BCUT2D eigenvalue weighted by Gasteiger charge is -2.48. The molecule has 2 aliphatic heterocycles. The first-order valence-corrected chi connectivity index (χ1v) is 12.4. The van der Waals surface area contributed by atoms with Crippen molar-refractivity contribution in [3.05, 3.63) is 36.7 Å². The summed E-state index contributed by atoms with van der Waals surface area (Å²) in [6.07, 6.45) is 6.71. The molecule has 0 amide bonds. The lowest BCUT2D eigenvalue weighted by molar-refractivity contribution is 0.0828. The lowest BCUT2D eigenvalue weighted by Crippen LogP contribution is -2.66. The van der Waals surface area contributed by atoms with Gasteiger partial charge in [-0.15, -0.1) is 15.3 Å². The zero-order chi connectivity index (χ0) is 25.1. The third-order valence-electron chi connectivity index (χ3n) is 7.92. The molecule has 6 rings (SSSR count). The van der Waals surface area contributed by atoms with Crippen molar-refractivity contribution in [1.29, 1.82) is 0 Å². The molecule has 188 valence electrons. The number of nitrogens with one attached hydrogen (secondary N) is 1. The average Bonchev–Trinajstić information content (AvgIpc) is 3.67. The number of phenols is 1. The second-order valence-electron chi connectivity index (χ2n) is 10.8. The van der Waals surface area contributed by atoms with E-state index in [9.17, 15) is 5.11 Å². The summed E-state index contributed by atoms with van der Waals surface area (Å²) in [5.41, 5.74) is 1.89. The number of fused-ring (bicyclic) bond motifs is 2. The number of rotatable bonds is 6. The van der Waals surface area contributed by atoms with Crippen LogP contribution in [0.1, 0.15) is 46.0 Å². The molecule has 9 nitrogen and oxygen atoms in total. The van der Waals surface area contributed by atoms with Gasteiger partial charge in [-0.25, -0.2) is 9.37 Å². The molecule has 2 bridgehead atoms. The van der Waals surface area contributed by atoms with E-state index in [0.717, 1.165) is 36.8 Å². The van der Waals surface area contributed by atoms with E-state index in [1.54, 1.807) is 30.6 Å². The minimum atomic E-state index is -1.02. The van der Waals surface area contributed by atoms with E-state index in [1.165, 1.54) is 7.11 Å². The van der Waals surface area contributed by atoms with Crippen LogP contribution < -0.4 is 15.0 Å². The summed E-state index contributed by atoms with van der Waals surface area (Å²) < 4.78 is 20.9. The third-order valence-corrected chi connectivity index (χ3v) is 7.92. The average molecular weight is 492 g/mol. The Kier molecular flexibility index (Phi) is 5.33. The minimum absolute atomic E-state index is 0.0470. The van der Waals surface area contributed by atoms with Gasteiger partial charge in [-0.3, -0.25) is 0 Å². The van der Waals surface area contributed by atoms with Gasteiger partial charge in [0.05, 0.1) is 25.5 Å². The molecule has 3 aromatic rings. The molecule has 0 unspecified atom stereocenters. The quantitative estimate of drug-likeness (QED) is 0.533. The fourth-order valence-electron chi connectivity index (χ4n) is 5.92. The second kappa shape index (κ2) is 8.33. The maximum Gasteiger partial charge on any atom is 0.245 e. The summed E-state index contributed by atoms with van der Waals surface area (Å²) >= 11 is 0. The number of aromatic hydroxyl groups is 1. The molecule has 3 aliphatic rings. The summed E-state index contributed by atoms with van der Waals surface area (Å²) in [4.78, 5) is 6.67. The van der Waals surface area contributed by atoms with Gasteiger partial charge in [0.1, 0.15) is 17.6 Å². The number of alkyl halides is 1. The number of benzene rings is 1. The molecule has 4 heterocycles. The standard InChI is InChI=1S/C26H30FN7O2/c1-25-8-9-26(2,33-25)23(27)20(12-25)34(17-5-6-17)24-28-14-19(30-32-24)18-7-4-15(10-21(18)35)16-11-22(36-3)31-29-13-16/h4,7,10-11,13-14,17,20,23,33,35H,5-6,8-9,12H2,1-3H3/t20-,23-,25-,26+/m0/s1. The molecule has 3 fully saturated rings. The molecule has 4 atom stereocenters. The van der Waals surface area contributed by atoms with E-state index in [4.69, 9.17) is 4.74 Å². The molecule has 0 radical (unpaired) electrons. The molecule has 2 aromatic heterocycles. The van der Waals surface area contributed by atoms with Crippen molar-refractivity contribution in [3.63, 3.8) is 0 Å². The number of hydrogen-bond donors (Lipinski definition) is 2. The van der Waals surface area contributed by atoms with Gasteiger partial charge in [-0.2, -0.15) is 5.10 Å². The highest BCUT2D eigenvalue weighted by Gasteiger charge is 2.58. The number of piperidine rings is 1. The zero-order valence-corrected chi connectivity index (χ0v) is 20.6. The Morgan fingerprint density at radius 1 is 1.08 bits per heavy atom. The Morgan fingerprint density at radius 2 is 1.92 bits per heavy atom. The van der Waals surface area contributed by atoms with Crippen molar-refractivity contribution in [2.75, 3.05) is 12.0 Å². The molecule has 2 N–H and O–H groups in total. The molecular weight excluding hydrogens is 461 g/mol. The van der Waals surface area contributed by atoms with Crippen LogP contribution in [0.2, 0.25) is 0 Å². The summed E-state index contributed by atoms with van der Waals surface area (Å²) in [5.74, 6) is 0.890. The Labute approximate surface area is 209 Å².